The zero-order valence-electron chi connectivity index (χ0n) is 15.4. The molecule has 1 aliphatic rings. The van der Waals surface area contributed by atoms with Crippen LogP contribution in [-0.4, -0.2) is 24.7 Å². The summed E-state index contributed by atoms with van der Waals surface area (Å²) in [4.78, 5) is 12.1. The molecule has 0 spiro atoms. The molecule has 2 aromatic rings. The first-order valence-corrected chi connectivity index (χ1v) is 9.44. The lowest BCUT2D eigenvalue weighted by Crippen LogP contribution is -2.54. The van der Waals surface area contributed by atoms with Crippen LogP contribution >= 0.6 is 0 Å². The van der Waals surface area contributed by atoms with Crippen LogP contribution in [0.25, 0.3) is 0 Å². The van der Waals surface area contributed by atoms with Crippen LogP contribution in [0.15, 0.2) is 60.7 Å². The first-order valence-electron chi connectivity index (χ1n) is 9.44. The van der Waals surface area contributed by atoms with E-state index < -0.39 is 0 Å². The fourth-order valence-corrected chi connectivity index (χ4v) is 3.83. The van der Waals surface area contributed by atoms with Crippen molar-refractivity contribution in [2.75, 3.05) is 6.54 Å². The molecule has 1 aliphatic carbocycles. The second-order valence-electron chi connectivity index (χ2n) is 7.67. The van der Waals surface area contributed by atoms with Gasteiger partial charge in [-0.1, -0.05) is 67.6 Å². The van der Waals surface area contributed by atoms with Gasteiger partial charge in [-0.15, -0.1) is 0 Å². The van der Waals surface area contributed by atoms with Crippen molar-refractivity contribution in [3.05, 3.63) is 71.8 Å². The minimum atomic E-state index is -0.0861. The molecule has 0 aromatic heterocycles. The highest BCUT2D eigenvalue weighted by molar-refractivity contribution is 5.74. The molecule has 4 nitrogen and oxygen atoms in total. The van der Waals surface area contributed by atoms with E-state index >= 15 is 0 Å². The number of hydrogen-bond acceptors (Lipinski definition) is 2. The number of rotatable bonds is 7. The number of benzene rings is 2. The number of nitrogens with two attached hydrogens (primary N) is 1. The van der Waals surface area contributed by atoms with Gasteiger partial charge in [0.2, 0.25) is 0 Å². The van der Waals surface area contributed by atoms with Crippen molar-refractivity contribution < 1.29 is 4.79 Å². The molecule has 0 saturated heterocycles. The summed E-state index contributed by atoms with van der Waals surface area (Å²) in [5.41, 5.74) is 8.92. The van der Waals surface area contributed by atoms with Gasteiger partial charge in [0.25, 0.3) is 0 Å². The zero-order chi connectivity index (χ0) is 18.4. The predicted octanol–water partition coefficient (Wildman–Crippen LogP) is 3.37. The molecule has 1 saturated carbocycles. The Morgan fingerprint density at radius 1 is 1.12 bits per heavy atom. The van der Waals surface area contributed by atoms with Gasteiger partial charge in [-0.3, -0.25) is 0 Å². The lowest BCUT2D eigenvalue weighted by atomic mass is 9.63. The Kier molecular flexibility index (Phi) is 5.94. The minimum absolute atomic E-state index is 0.0581. The molecule has 0 bridgehead atoms. The summed E-state index contributed by atoms with van der Waals surface area (Å²) >= 11 is 0. The van der Waals surface area contributed by atoms with Crippen LogP contribution in [0, 0.1) is 0 Å². The van der Waals surface area contributed by atoms with E-state index in [1.54, 1.807) is 0 Å². The third-order valence-electron chi connectivity index (χ3n) is 5.34. The molecule has 138 valence electrons. The lowest BCUT2D eigenvalue weighted by molar-refractivity contribution is 0.183. The first-order chi connectivity index (χ1) is 12.5. The van der Waals surface area contributed by atoms with Crippen LogP contribution in [0.2, 0.25) is 0 Å². The average Bonchev–Trinajstić information content (AvgIpc) is 2.62. The summed E-state index contributed by atoms with van der Waals surface area (Å²) in [5, 5.41) is 6.01. The quantitative estimate of drug-likeness (QED) is 0.716. The summed E-state index contributed by atoms with van der Waals surface area (Å²) in [5.74, 6) is 0. The maximum atomic E-state index is 12.1. The Morgan fingerprint density at radius 2 is 1.73 bits per heavy atom. The van der Waals surface area contributed by atoms with Gasteiger partial charge >= 0.3 is 6.03 Å². The highest BCUT2D eigenvalue weighted by Gasteiger charge is 2.41. The Bertz CT molecular complexity index is 696. The zero-order valence-corrected chi connectivity index (χ0v) is 15.4. The second-order valence-corrected chi connectivity index (χ2v) is 7.67. The van der Waals surface area contributed by atoms with Gasteiger partial charge < -0.3 is 16.4 Å². The highest BCUT2D eigenvalue weighted by atomic mass is 16.2. The van der Waals surface area contributed by atoms with Gasteiger partial charge in [-0.2, -0.15) is 0 Å². The minimum Gasteiger partial charge on any atom is -0.338 e. The monoisotopic (exact) mass is 351 g/mol. The molecule has 0 aliphatic heterocycles. The molecule has 0 heterocycles. The molecule has 4 heteroatoms. The van der Waals surface area contributed by atoms with Crippen LogP contribution in [0.5, 0.6) is 0 Å². The summed E-state index contributed by atoms with van der Waals surface area (Å²) in [6.45, 7) is 2.86. The van der Waals surface area contributed by atoms with Crippen molar-refractivity contribution in [2.45, 2.75) is 50.1 Å². The molecule has 2 aromatic carbocycles. The number of hydrogen-bond donors (Lipinski definition) is 3. The number of amides is 2. The summed E-state index contributed by atoms with van der Waals surface area (Å²) in [6, 6.07) is 21.0. The smallest absolute Gasteiger partial charge is 0.315 e. The van der Waals surface area contributed by atoms with Gasteiger partial charge in [0, 0.05) is 18.6 Å². The van der Waals surface area contributed by atoms with Crippen LogP contribution < -0.4 is 16.4 Å². The standard InChI is InChI=1S/C22H29N3O/c1-22(18-10-6-3-7-11-18)15-20(16-22)25-21(26)24-13-12-19(23)14-17-8-4-2-5-9-17/h2-11,19-20H,12-16,23H2,1H3,(H2,24,25,26). The Morgan fingerprint density at radius 3 is 2.38 bits per heavy atom. The van der Waals surface area contributed by atoms with Gasteiger partial charge in [0.15, 0.2) is 0 Å². The maximum Gasteiger partial charge on any atom is 0.315 e. The van der Waals surface area contributed by atoms with Crippen LogP contribution in [-0.2, 0) is 11.8 Å². The van der Waals surface area contributed by atoms with E-state index in [0.717, 1.165) is 25.7 Å². The largest absolute Gasteiger partial charge is 0.338 e. The van der Waals surface area contributed by atoms with E-state index in [2.05, 4.69) is 54.0 Å². The SMILES string of the molecule is CC1(c2ccccc2)CC(NC(=O)NCCC(N)Cc2ccccc2)C1. The molecule has 0 radical (unpaired) electrons. The molecule has 26 heavy (non-hydrogen) atoms. The van der Waals surface area contributed by atoms with Gasteiger partial charge in [-0.05, 0) is 42.2 Å². The van der Waals surface area contributed by atoms with Crippen molar-refractivity contribution in [3.63, 3.8) is 0 Å². The molecule has 2 amide bonds. The Hall–Kier alpha value is -2.33. The first kappa shape index (κ1) is 18.5. The van der Waals surface area contributed by atoms with Crippen LogP contribution in [0.4, 0.5) is 4.79 Å². The van der Waals surface area contributed by atoms with Crippen LogP contribution in [0.3, 0.4) is 0 Å². The van der Waals surface area contributed by atoms with E-state index in [1.807, 2.05) is 24.3 Å². The van der Waals surface area contributed by atoms with E-state index in [0.29, 0.717) is 6.54 Å². The van der Waals surface area contributed by atoms with Gasteiger partial charge in [0.1, 0.15) is 0 Å². The van der Waals surface area contributed by atoms with Crippen molar-refractivity contribution >= 4 is 6.03 Å². The van der Waals surface area contributed by atoms with Crippen molar-refractivity contribution in [2.24, 2.45) is 5.73 Å². The van der Waals surface area contributed by atoms with E-state index in [4.69, 9.17) is 5.73 Å². The maximum absolute atomic E-state index is 12.1. The summed E-state index contributed by atoms with van der Waals surface area (Å²) in [7, 11) is 0. The van der Waals surface area contributed by atoms with Crippen LogP contribution in [0.1, 0.15) is 37.3 Å². The molecule has 1 fully saturated rings. The van der Waals surface area contributed by atoms with Crippen molar-refractivity contribution in [3.8, 4) is 0 Å². The fourth-order valence-electron chi connectivity index (χ4n) is 3.83. The third kappa shape index (κ3) is 4.85. The Labute approximate surface area is 156 Å². The number of nitrogens with one attached hydrogen (secondary N) is 2. The topological polar surface area (TPSA) is 67.2 Å². The van der Waals surface area contributed by atoms with Gasteiger partial charge in [0.05, 0.1) is 0 Å². The third-order valence-corrected chi connectivity index (χ3v) is 5.34. The van der Waals surface area contributed by atoms with Gasteiger partial charge in [-0.25, -0.2) is 4.79 Å². The van der Waals surface area contributed by atoms with E-state index in [9.17, 15) is 4.79 Å². The normalized spacial score (nSPS) is 22.9. The van der Waals surface area contributed by atoms with E-state index in [1.165, 1.54) is 11.1 Å². The fraction of sp³-hybridized carbons (Fsp3) is 0.409. The molecule has 1 atom stereocenters. The second kappa shape index (κ2) is 8.37. The molecule has 3 rings (SSSR count). The number of urea groups is 1. The van der Waals surface area contributed by atoms with Crippen molar-refractivity contribution in [1.82, 2.24) is 10.6 Å². The number of carbonyl (C=O) groups excluding carboxylic acids is 1. The molecular formula is C22H29N3O. The number of carbonyl (C=O) groups is 1. The summed E-state index contributed by atoms with van der Waals surface area (Å²) in [6.07, 6.45) is 3.58. The summed E-state index contributed by atoms with van der Waals surface area (Å²) < 4.78 is 0. The lowest BCUT2D eigenvalue weighted by Gasteiger charge is -2.46. The highest BCUT2D eigenvalue weighted by Crippen LogP contribution is 2.43. The molecule has 4 N–H and O–H groups in total. The average molecular weight is 351 g/mol. The molecule has 1 unspecified atom stereocenters. The molecular weight excluding hydrogens is 322 g/mol. The predicted molar refractivity (Wildman–Crippen MR) is 106 cm³/mol. The van der Waals surface area contributed by atoms with E-state index in [-0.39, 0.29) is 23.5 Å². The van der Waals surface area contributed by atoms with Crippen molar-refractivity contribution in [1.29, 1.82) is 0 Å². The Balaban J connectivity index is 1.33.